The number of benzene rings is 1. The van der Waals surface area contributed by atoms with Crippen molar-refractivity contribution in [2.75, 3.05) is 31.1 Å². The van der Waals surface area contributed by atoms with E-state index >= 15 is 0 Å². The van der Waals surface area contributed by atoms with E-state index in [-0.39, 0.29) is 11.6 Å². The number of aromatic nitrogens is 1. The second kappa shape index (κ2) is 7.74. The molecule has 0 spiro atoms. The molecule has 1 saturated heterocycles. The van der Waals surface area contributed by atoms with Crippen LogP contribution in [0.4, 0.5) is 11.5 Å². The van der Waals surface area contributed by atoms with Gasteiger partial charge < -0.3 is 9.80 Å². The van der Waals surface area contributed by atoms with E-state index in [1.807, 2.05) is 35.2 Å². The fraction of sp³-hybridized carbons (Fsp3) is 0.333. The lowest BCUT2D eigenvalue weighted by atomic mass is 10.1. The van der Waals surface area contributed by atoms with Gasteiger partial charge in [-0.3, -0.25) is 14.9 Å². The zero-order valence-electron chi connectivity index (χ0n) is 13.9. The monoisotopic (exact) mass is 340 g/mol. The van der Waals surface area contributed by atoms with E-state index in [9.17, 15) is 14.9 Å². The molecule has 7 nitrogen and oxygen atoms in total. The minimum atomic E-state index is -0.455. The van der Waals surface area contributed by atoms with Crippen LogP contribution in [0.3, 0.4) is 0 Å². The molecule has 3 rings (SSSR count). The Morgan fingerprint density at radius 1 is 1.08 bits per heavy atom. The molecule has 1 amide bonds. The van der Waals surface area contributed by atoms with Gasteiger partial charge in [-0.15, -0.1) is 0 Å². The van der Waals surface area contributed by atoms with Crippen molar-refractivity contribution in [3.05, 3.63) is 64.3 Å². The Kier molecular flexibility index (Phi) is 5.23. The fourth-order valence-electron chi connectivity index (χ4n) is 2.95. The van der Waals surface area contributed by atoms with E-state index in [1.54, 1.807) is 6.07 Å². The van der Waals surface area contributed by atoms with Crippen LogP contribution < -0.4 is 4.90 Å². The van der Waals surface area contributed by atoms with Gasteiger partial charge in [0, 0.05) is 32.2 Å². The number of amides is 1. The van der Waals surface area contributed by atoms with Crippen molar-refractivity contribution in [3.8, 4) is 0 Å². The van der Waals surface area contributed by atoms with E-state index < -0.39 is 4.92 Å². The molecule has 1 aromatic heterocycles. The van der Waals surface area contributed by atoms with Gasteiger partial charge in [0.15, 0.2) is 0 Å². The lowest BCUT2D eigenvalue weighted by Crippen LogP contribution is -2.36. The molecule has 0 saturated carbocycles. The summed E-state index contributed by atoms with van der Waals surface area (Å²) in [6.45, 7) is 2.80. The summed E-state index contributed by atoms with van der Waals surface area (Å²) in [6, 6.07) is 12.9. The van der Waals surface area contributed by atoms with Crippen molar-refractivity contribution in [2.24, 2.45) is 0 Å². The Morgan fingerprint density at radius 3 is 2.56 bits per heavy atom. The van der Waals surface area contributed by atoms with Crippen molar-refractivity contribution in [3.63, 3.8) is 0 Å². The topological polar surface area (TPSA) is 79.6 Å². The average Bonchev–Trinajstić information content (AvgIpc) is 2.89. The molecule has 0 atom stereocenters. The van der Waals surface area contributed by atoms with E-state index in [0.717, 1.165) is 25.1 Å². The molecule has 0 unspecified atom stereocenters. The van der Waals surface area contributed by atoms with Gasteiger partial charge in [-0.05, 0) is 18.1 Å². The molecule has 130 valence electrons. The van der Waals surface area contributed by atoms with Gasteiger partial charge >= 0.3 is 0 Å². The number of pyridine rings is 1. The fourth-order valence-corrected chi connectivity index (χ4v) is 2.95. The zero-order chi connectivity index (χ0) is 17.6. The summed E-state index contributed by atoms with van der Waals surface area (Å²) in [7, 11) is 0. The summed E-state index contributed by atoms with van der Waals surface area (Å²) >= 11 is 0. The van der Waals surface area contributed by atoms with Crippen molar-refractivity contribution in [1.82, 2.24) is 9.88 Å². The Balaban J connectivity index is 1.60. The second-order valence-corrected chi connectivity index (χ2v) is 6.02. The summed E-state index contributed by atoms with van der Waals surface area (Å²) in [5, 5.41) is 10.7. The number of carbonyl (C=O) groups is 1. The van der Waals surface area contributed by atoms with E-state index in [2.05, 4.69) is 9.88 Å². The van der Waals surface area contributed by atoms with Gasteiger partial charge in [-0.25, -0.2) is 4.98 Å². The first-order valence-corrected chi connectivity index (χ1v) is 8.30. The molecular weight excluding hydrogens is 320 g/mol. The summed E-state index contributed by atoms with van der Waals surface area (Å²) in [5.41, 5.74) is 1.00. The van der Waals surface area contributed by atoms with Gasteiger partial charge in [-0.1, -0.05) is 30.3 Å². The molecule has 7 heteroatoms. The summed E-state index contributed by atoms with van der Waals surface area (Å²) in [5.74, 6) is 0.840. The molecule has 0 radical (unpaired) electrons. The Morgan fingerprint density at radius 2 is 1.88 bits per heavy atom. The maximum Gasteiger partial charge on any atom is 0.287 e. The third-order valence-electron chi connectivity index (χ3n) is 4.31. The van der Waals surface area contributed by atoms with Gasteiger partial charge in [0.1, 0.15) is 12.0 Å². The van der Waals surface area contributed by atoms with Crippen molar-refractivity contribution >= 4 is 17.4 Å². The van der Waals surface area contributed by atoms with Crippen LogP contribution in [0.25, 0.3) is 0 Å². The first kappa shape index (κ1) is 16.9. The highest BCUT2D eigenvalue weighted by Crippen LogP contribution is 2.17. The molecule has 0 bridgehead atoms. The standard InChI is InChI=1S/C18H20N4O3/c23-18(13-15-5-2-1-3-6-15)21-10-4-9-20(11-12-21)17-8-7-16(14-19-17)22(24)25/h1-3,5-8,14H,4,9-13H2. The minimum absolute atomic E-state index is 0.0155. The second-order valence-electron chi connectivity index (χ2n) is 6.02. The summed E-state index contributed by atoms with van der Waals surface area (Å²) in [4.78, 5) is 30.9. The van der Waals surface area contributed by atoms with Crippen LogP contribution in [0.5, 0.6) is 0 Å². The van der Waals surface area contributed by atoms with Gasteiger partial charge in [-0.2, -0.15) is 0 Å². The number of nitro groups is 1. The van der Waals surface area contributed by atoms with Gasteiger partial charge in [0.25, 0.3) is 5.69 Å². The molecular formula is C18H20N4O3. The van der Waals surface area contributed by atoms with Crippen molar-refractivity contribution < 1.29 is 9.72 Å². The Hall–Kier alpha value is -2.96. The lowest BCUT2D eigenvalue weighted by Gasteiger charge is -2.22. The molecule has 2 heterocycles. The smallest absolute Gasteiger partial charge is 0.287 e. The molecule has 1 aliphatic heterocycles. The molecule has 2 aromatic rings. The van der Waals surface area contributed by atoms with Crippen LogP contribution in [0.15, 0.2) is 48.7 Å². The lowest BCUT2D eigenvalue weighted by molar-refractivity contribution is -0.385. The molecule has 0 aliphatic carbocycles. The van der Waals surface area contributed by atoms with Crippen LogP contribution in [0.1, 0.15) is 12.0 Å². The van der Waals surface area contributed by atoms with Gasteiger partial charge in [0.2, 0.25) is 5.91 Å². The largest absolute Gasteiger partial charge is 0.355 e. The molecule has 1 fully saturated rings. The third-order valence-corrected chi connectivity index (χ3v) is 4.31. The normalized spacial score (nSPS) is 14.9. The number of nitrogens with zero attached hydrogens (tertiary/aromatic N) is 4. The Labute approximate surface area is 146 Å². The van der Waals surface area contributed by atoms with Gasteiger partial charge in [0.05, 0.1) is 11.3 Å². The zero-order valence-corrected chi connectivity index (χ0v) is 13.9. The van der Waals surface area contributed by atoms with Crippen LogP contribution in [-0.4, -0.2) is 46.9 Å². The highest BCUT2D eigenvalue weighted by molar-refractivity contribution is 5.78. The van der Waals surface area contributed by atoms with Crippen LogP contribution in [0.2, 0.25) is 0 Å². The van der Waals surface area contributed by atoms with E-state index in [1.165, 1.54) is 12.3 Å². The molecule has 1 aliphatic rings. The quantitative estimate of drug-likeness (QED) is 0.630. The van der Waals surface area contributed by atoms with E-state index in [0.29, 0.717) is 25.3 Å². The average molecular weight is 340 g/mol. The number of anilines is 1. The molecule has 1 aromatic carbocycles. The maximum atomic E-state index is 12.5. The van der Waals surface area contributed by atoms with E-state index in [4.69, 9.17) is 0 Å². The number of rotatable bonds is 4. The van der Waals surface area contributed by atoms with Crippen LogP contribution >= 0.6 is 0 Å². The van der Waals surface area contributed by atoms with Crippen molar-refractivity contribution in [2.45, 2.75) is 12.8 Å². The third kappa shape index (κ3) is 4.32. The Bertz CT molecular complexity index is 734. The summed E-state index contributed by atoms with van der Waals surface area (Å²) in [6.07, 6.45) is 2.54. The van der Waals surface area contributed by atoms with Crippen LogP contribution in [0, 0.1) is 10.1 Å². The maximum absolute atomic E-state index is 12.5. The first-order chi connectivity index (χ1) is 12.1. The number of hydrogen-bond donors (Lipinski definition) is 0. The predicted molar refractivity (Wildman–Crippen MR) is 94.4 cm³/mol. The number of carbonyl (C=O) groups excluding carboxylic acids is 1. The summed E-state index contributed by atoms with van der Waals surface area (Å²) < 4.78 is 0. The number of hydrogen-bond acceptors (Lipinski definition) is 5. The first-order valence-electron chi connectivity index (χ1n) is 8.30. The molecule has 25 heavy (non-hydrogen) atoms. The molecule has 0 N–H and O–H groups in total. The SMILES string of the molecule is O=C(Cc1ccccc1)N1CCCN(c2ccc([N+](=O)[O-])cn2)CC1. The highest BCUT2D eigenvalue weighted by atomic mass is 16.6. The highest BCUT2D eigenvalue weighted by Gasteiger charge is 2.20. The predicted octanol–water partition coefficient (Wildman–Crippen LogP) is 2.27. The van der Waals surface area contributed by atoms with Crippen molar-refractivity contribution in [1.29, 1.82) is 0 Å². The van der Waals surface area contributed by atoms with Crippen LogP contribution in [-0.2, 0) is 11.2 Å². The minimum Gasteiger partial charge on any atom is -0.355 e.